The van der Waals surface area contributed by atoms with Gasteiger partial charge >= 0.3 is 0 Å². The quantitative estimate of drug-likeness (QED) is 0.471. The molecule has 0 bridgehead atoms. The van der Waals surface area contributed by atoms with E-state index in [9.17, 15) is 0 Å². The van der Waals surface area contributed by atoms with E-state index >= 15 is 4.39 Å². The first-order valence-electron chi connectivity index (χ1n) is 10.1. The van der Waals surface area contributed by atoms with Gasteiger partial charge in [-0.15, -0.1) is 10.2 Å². The summed E-state index contributed by atoms with van der Waals surface area (Å²) in [6, 6.07) is 9.35. The van der Waals surface area contributed by atoms with E-state index in [2.05, 4.69) is 25.5 Å². The zero-order valence-electron chi connectivity index (χ0n) is 16.6. The molecule has 5 heterocycles. The van der Waals surface area contributed by atoms with E-state index in [4.69, 9.17) is 16.3 Å². The Hall–Kier alpha value is -3.10. The first kappa shape index (κ1) is 19.8. The molecule has 1 saturated heterocycles. The number of ether oxygens (including phenoxy) is 1. The number of hydrogen-bond acceptors (Lipinski definition) is 6. The van der Waals surface area contributed by atoms with Crippen molar-refractivity contribution in [2.75, 3.05) is 18.5 Å². The third-order valence-corrected chi connectivity index (χ3v) is 5.76. The maximum atomic E-state index is 15.4. The first-order valence-corrected chi connectivity index (χ1v) is 10.5. The predicted octanol–water partition coefficient (Wildman–Crippen LogP) is 4.16. The van der Waals surface area contributed by atoms with E-state index in [1.54, 1.807) is 41.2 Å². The molecule has 1 aliphatic rings. The molecule has 158 valence electrons. The molecule has 1 N–H and O–H groups in total. The van der Waals surface area contributed by atoms with Crippen molar-refractivity contribution in [2.45, 2.75) is 25.3 Å². The van der Waals surface area contributed by atoms with Crippen molar-refractivity contribution >= 4 is 23.1 Å². The van der Waals surface area contributed by atoms with Gasteiger partial charge in [-0.2, -0.15) is 0 Å². The molecule has 0 radical (unpaired) electrons. The van der Waals surface area contributed by atoms with Crippen LogP contribution in [0.15, 0.2) is 48.9 Å². The Labute approximate surface area is 183 Å². The largest absolute Gasteiger partial charge is 0.381 e. The minimum absolute atomic E-state index is 0.170. The van der Waals surface area contributed by atoms with Gasteiger partial charge in [0.1, 0.15) is 16.8 Å². The maximum absolute atomic E-state index is 15.4. The van der Waals surface area contributed by atoms with Crippen molar-refractivity contribution in [1.29, 1.82) is 0 Å². The summed E-state index contributed by atoms with van der Waals surface area (Å²) in [4.78, 5) is 8.46. The average molecular weight is 439 g/mol. The molecule has 0 saturated carbocycles. The number of anilines is 1. The monoisotopic (exact) mass is 438 g/mol. The van der Waals surface area contributed by atoms with Gasteiger partial charge in [0.15, 0.2) is 11.5 Å². The highest BCUT2D eigenvalue weighted by Gasteiger charge is 2.18. The highest BCUT2D eigenvalue weighted by atomic mass is 35.5. The molecule has 7 nitrogen and oxygen atoms in total. The molecule has 1 aliphatic heterocycles. The summed E-state index contributed by atoms with van der Waals surface area (Å²) in [5.41, 5.74) is 2.15. The summed E-state index contributed by atoms with van der Waals surface area (Å²) in [5.74, 6) is 0.880. The molecule has 0 spiro atoms. The van der Waals surface area contributed by atoms with Crippen molar-refractivity contribution in [3.05, 3.63) is 71.3 Å². The summed E-state index contributed by atoms with van der Waals surface area (Å²) >= 11 is 6.15. The lowest BCUT2D eigenvalue weighted by atomic mass is 10.1. The second kappa shape index (κ2) is 8.56. The second-order valence-corrected chi connectivity index (χ2v) is 7.80. The molecule has 0 amide bonds. The van der Waals surface area contributed by atoms with Gasteiger partial charge in [-0.25, -0.2) is 14.4 Å². The number of aromatic nitrogens is 5. The topological polar surface area (TPSA) is 77.2 Å². The van der Waals surface area contributed by atoms with Crippen molar-refractivity contribution in [3.63, 3.8) is 0 Å². The molecule has 9 heteroatoms. The van der Waals surface area contributed by atoms with Crippen molar-refractivity contribution < 1.29 is 9.13 Å². The minimum Gasteiger partial charge on any atom is -0.381 e. The van der Waals surface area contributed by atoms with Gasteiger partial charge in [-0.1, -0.05) is 17.7 Å². The van der Waals surface area contributed by atoms with E-state index in [1.165, 1.54) is 0 Å². The maximum Gasteiger partial charge on any atom is 0.197 e. The number of rotatable bonds is 5. The first-order chi connectivity index (χ1) is 15.2. The van der Waals surface area contributed by atoms with Crippen LogP contribution in [0.1, 0.15) is 24.2 Å². The Morgan fingerprint density at radius 3 is 2.84 bits per heavy atom. The van der Waals surface area contributed by atoms with Crippen LogP contribution in [0, 0.1) is 5.82 Å². The summed E-state index contributed by atoms with van der Waals surface area (Å²) in [5, 5.41) is 12.1. The fraction of sp³-hybridized carbons (Fsp3) is 0.273. The number of nitrogens with zero attached hydrogens (tertiary/aromatic N) is 5. The molecule has 4 aromatic rings. The van der Waals surface area contributed by atoms with Crippen LogP contribution in [-0.2, 0) is 11.2 Å². The highest BCUT2D eigenvalue weighted by molar-refractivity contribution is 6.30. The van der Waals surface area contributed by atoms with E-state index in [-0.39, 0.29) is 5.65 Å². The van der Waals surface area contributed by atoms with Crippen LogP contribution >= 0.6 is 11.6 Å². The van der Waals surface area contributed by atoms with Crippen LogP contribution < -0.4 is 5.32 Å². The van der Waals surface area contributed by atoms with Crippen LogP contribution in [0.2, 0.25) is 5.15 Å². The average Bonchev–Trinajstić information content (AvgIpc) is 3.20. The lowest BCUT2D eigenvalue weighted by molar-refractivity contribution is 0.0904. The molecule has 5 rings (SSSR count). The SMILES string of the molecule is Fc1c(-c2ccnc(NC3CCOCC3)c2)ccn2c(Cc3cccnc3Cl)nnc12. The lowest BCUT2D eigenvalue weighted by Gasteiger charge is -2.23. The van der Waals surface area contributed by atoms with Gasteiger partial charge in [-0.05, 0) is 48.2 Å². The van der Waals surface area contributed by atoms with Gasteiger partial charge in [0.25, 0.3) is 0 Å². The normalized spacial score (nSPS) is 14.8. The Morgan fingerprint density at radius 2 is 2.00 bits per heavy atom. The summed E-state index contributed by atoms with van der Waals surface area (Å²) < 4.78 is 22.4. The molecule has 31 heavy (non-hydrogen) atoms. The number of pyridine rings is 3. The minimum atomic E-state index is -0.429. The van der Waals surface area contributed by atoms with Crippen LogP contribution in [0.4, 0.5) is 10.2 Å². The van der Waals surface area contributed by atoms with Gasteiger partial charge in [-0.3, -0.25) is 4.40 Å². The smallest absolute Gasteiger partial charge is 0.197 e. The third-order valence-electron chi connectivity index (χ3n) is 5.42. The zero-order chi connectivity index (χ0) is 21.2. The number of nitrogens with one attached hydrogen (secondary N) is 1. The fourth-order valence-electron chi connectivity index (χ4n) is 3.77. The molecular weight excluding hydrogens is 419 g/mol. The number of halogens is 2. The lowest BCUT2D eigenvalue weighted by Crippen LogP contribution is -2.28. The van der Waals surface area contributed by atoms with Crippen molar-refractivity contribution in [1.82, 2.24) is 24.6 Å². The molecule has 0 aromatic carbocycles. The zero-order valence-corrected chi connectivity index (χ0v) is 17.4. The molecule has 0 aliphatic carbocycles. The van der Waals surface area contributed by atoms with Gasteiger partial charge in [0.2, 0.25) is 0 Å². The van der Waals surface area contributed by atoms with E-state index in [0.29, 0.717) is 29.0 Å². The van der Waals surface area contributed by atoms with E-state index in [0.717, 1.165) is 43.0 Å². The Morgan fingerprint density at radius 1 is 1.13 bits per heavy atom. The van der Waals surface area contributed by atoms with Gasteiger partial charge < -0.3 is 10.1 Å². The summed E-state index contributed by atoms with van der Waals surface area (Å²) in [7, 11) is 0. The Kier molecular flexibility index (Phi) is 5.48. The van der Waals surface area contributed by atoms with Crippen LogP contribution in [0.25, 0.3) is 16.8 Å². The van der Waals surface area contributed by atoms with Crippen LogP contribution in [-0.4, -0.2) is 43.8 Å². The van der Waals surface area contributed by atoms with Gasteiger partial charge in [0.05, 0.1) is 0 Å². The number of fused-ring (bicyclic) bond motifs is 1. The van der Waals surface area contributed by atoms with Crippen LogP contribution in [0.3, 0.4) is 0 Å². The van der Waals surface area contributed by atoms with E-state index in [1.807, 2.05) is 12.1 Å². The Balaban J connectivity index is 1.44. The van der Waals surface area contributed by atoms with Gasteiger partial charge in [0, 0.05) is 49.8 Å². The second-order valence-electron chi connectivity index (χ2n) is 7.44. The molecular formula is C22H20ClFN6O. The molecule has 1 fully saturated rings. The number of hydrogen-bond donors (Lipinski definition) is 1. The molecule has 0 unspecified atom stereocenters. The highest BCUT2D eigenvalue weighted by Crippen LogP contribution is 2.28. The Bertz CT molecular complexity index is 1220. The standard InChI is InChI=1S/C22H20ClFN6O/c23-21-15(2-1-7-26-21)13-19-28-29-22-20(24)17(4-9-30(19)22)14-3-8-25-18(12-14)27-16-5-10-31-11-6-16/h1-4,7-9,12,16H,5-6,10-11,13H2,(H,25,27). The van der Waals surface area contributed by atoms with Crippen molar-refractivity contribution in [2.24, 2.45) is 0 Å². The van der Waals surface area contributed by atoms with Crippen LogP contribution in [0.5, 0.6) is 0 Å². The fourth-order valence-corrected chi connectivity index (χ4v) is 3.95. The predicted molar refractivity (Wildman–Crippen MR) is 116 cm³/mol. The summed E-state index contributed by atoms with van der Waals surface area (Å²) in [6.07, 6.45) is 7.34. The summed E-state index contributed by atoms with van der Waals surface area (Å²) in [6.45, 7) is 1.48. The molecule has 0 atom stereocenters. The molecule has 4 aromatic heterocycles. The van der Waals surface area contributed by atoms with Crippen molar-refractivity contribution in [3.8, 4) is 11.1 Å². The third kappa shape index (κ3) is 4.08. The van der Waals surface area contributed by atoms with E-state index < -0.39 is 5.82 Å².